The van der Waals surface area contributed by atoms with Gasteiger partial charge in [0.05, 0.1) is 16.3 Å². The van der Waals surface area contributed by atoms with Crippen molar-refractivity contribution >= 4 is 73.6 Å². The number of amidine groups is 1. The van der Waals surface area contributed by atoms with E-state index in [1.807, 2.05) is 45.0 Å². The van der Waals surface area contributed by atoms with Crippen molar-refractivity contribution in [3.63, 3.8) is 0 Å². The highest BCUT2D eigenvalue weighted by molar-refractivity contribution is 8.19. The molecular formula is C31H24Cl2N2O4S2. The lowest BCUT2D eigenvalue weighted by Crippen LogP contribution is -2.28. The number of anilines is 1. The number of thioether (sulfide) groups is 1. The van der Waals surface area contributed by atoms with Crippen molar-refractivity contribution in [2.24, 2.45) is 4.99 Å². The molecule has 1 saturated heterocycles. The number of hydrogen-bond donors (Lipinski definition) is 0. The molecular weight excluding hydrogens is 599 g/mol. The van der Waals surface area contributed by atoms with Crippen molar-refractivity contribution < 1.29 is 17.4 Å². The van der Waals surface area contributed by atoms with Crippen molar-refractivity contribution in [2.45, 2.75) is 25.7 Å². The lowest BCUT2D eigenvalue weighted by Gasteiger charge is -2.16. The van der Waals surface area contributed by atoms with E-state index in [-0.39, 0.29) is 16.6 Å². The molecule has 0 unspecified atom stereocenters. The van der Waals surface area contributed by atoms with Crippen LogP contribution in [-0.2, 0) is 14.9 Å². The molecule has 4 aromatic carbocycles. The zero-order chi connectivity index (χ0) is 29.3. The molecule has 0 spiro atoms. The first-order valence-electron chi connectivity index (χ1n) is 12.5. The van der Waals surface area contributed by atoms with Gasteiger partial charge >= 0.3 is 10.1 Å². The third-order valence-electron chi connectivity index (χ3n) is 6.29. The molecule has 1 aliphatic rings. The summed E-state index contributed by atoms with van der Waals surface area (Å²) in [5.41, 5.74) is 4.64. The highest BCUT2D eigenvalue weighted by Crippen LogP contribution is 2.39. The molecule has 0 radical (unpaired) electrons. The number of carbonyl (C=O) groups excluding carboxylic acids is 1. The van der Waals surface area contributed by atoms with Gasteiger partial charge in [-0.05, 0) is 104 Å². The average molecular weight is 624 g/mol. The Morgan fingerprint density at radius 1 is 0.829 bits per heavy atom. The molecule has 208 valence electrons. The fraction of sp³-hybridized carbons (Fsp3) is 0.0968. The molecule has 1 amide bonds. The van der Waals surface area contributed by atoms with Gasteiger partial charge in [-0.25, -0.2) is 4.99 Å². The monoisotopic (exact) mass is 622 g/mol. The molecule has 4 aromatic rings. The molecule has 0 N–H and O–H groups in total. The first-order valence-corrected chi connectivity index (χ1v) is 15.4. The number of nitrogens with zero attached hydrogens (tertiary/aromatic N) is 2. The number of aliphatic imine (C=N–C) groups is 1. The van der Waals surface area contributed by atoms with Crippen LogP contribution in [0.5, 0.6) is 5.75 Å². The van der Waals surface area contributed by atoms with Crippen LogP contribution in [0.4, 0.5) is 11.4 Å². The van der Waals surface area contributed by atoms with Crippen LogP contribution in [0, 0.1) is 20.8 Å². The van der Waals surface area contributed by atoms with E-state index in [0.29, 0.717) is 37.1 Å². The second-order valence-electron chi connectivity index (χ2n) is 9.43. The van der Waals surface area contributed by atoms with Crippen molar-refractivity contribution in [1.82, 2.24) is 0 Å². The number of rotatable bonds is 6. The maximum atomic E-state index is 13.6. The van der Waals surface area contributed by atoms with E-state index in [9.17, 15) is 13.2 Å². The Balaban J connectivity index is 1.44. The van der Waals surface area contributed by atoms with Crippen LogP contribution in [0.2, 0.25) is 10.0 Å². The summed E-state index contributed by atoms with van der Waals surface area (Å²) in [5.74, 6) is -0.110. The molecule has 0 bridgehead atoms. The van der Waals surface area contributed by atoms with E-state index < -0.39 is 10.1 Å². The Bertz CT molecular complexity index is 1820. The lowest BCUT2D eigenvalue weighted by molar-refractivity contribution is -0.113. The molecule has 6 nitrogen and oxygen atoms in total. The van der Waals surface area contributed by atoms with E-state index >= 15 is 0 Å². The molecule has 1 heterocycles. The van der Waals surface area contributed by atoms with Gasteiger partial charge < -0.3 is 4.18 Å². The van der Waals surface area contributed by atoms with Crippen LogP contribution in [0.15, 0.2) is 99.7 Å². The van der Waals surface area contributed by atoms with E-state index in [2.05, 4.69) is 0 Å². The predicted octanol–water partition coefficient (Wildman–Crippen LogP) is 8.49. The number of aryl methyl sites for hydroxylation is 3. The van der Waals surface area contributed by atoms with Crippen molar-refractivity contribution in [1.29, 1.82) is 0 Å². The third kappa shape index (κ3) is 6.52. The maximum absolute atomic E-state index is 13.6. The number of carbonyl (C=O) groups is 1. The van der Waals surface area contributed by atoms with E-state index in [0.717, 1.165) is 16.7 Å². The van der Waals surface area contributed by atoms with Gasteiger partial charge in [0.15, 0.2) is 5.17 Å². The largest absolute Gasteiger partial charge is 0.379 e. The number of halogens is 2. The minimum atomic E-state index is -3.98. The second kappa shape index (κ2) is 11.7. The summed E-state index contributed by atoms with van der Waals surface area (Å²) in [4.78, 5) is 20.4. The van der Waals surface area contributed by atoms with Gasteiger partial charge in [-0.2, -0.15) is 8.42 Å². The average Bonchev–Trinajstić information content (AvgIpc) is 3.23. The van der Waals surface area contributed by atoms with Gasteiger partial charge in [-0.15, -0.1) is 0 Å². The van der Waals surface area contributed by atoms with Gasteiger partial charge in [-0.1, -0.05) is 65.2 Å². The standard InChI is InChI=1S/C31H24Cl2N2O4S2/c1-19-4-14-26(15-5-19)41(37,38)39-25-12-8-22(9-13-25)16-29-30(36)35(24-11-7-21(3)28(33)18-24)31(40-29)34-23-10-6-20(2)27(32)17-23/h4-18H,1-3H3/b29-16+,34-31?. The van der Waals surface area contributed by atoms with Crippen LogP contribution >= 0.6 is 35.0 Å². The van der Waals surface area contributed by atoms with Crippen molar-refractivity contribution in [3.8, 4) is 5.75 Å². The van der Waals surface area contributed by atoms with Crippen molar-refractivity contribution in [3.05, 3.63) is 122 Å². The number of hydrogen-bond acceptors (Lipinski definition) is 6. The fourth-order valence-corrected chi connectivity index (χ4v) is 6.19. The molecule has 0 atom stereocenters. The Kier molecular flexibility index (Phi) is 8.29. The Labute approximate surface area is 253 Å². The Hall–Kier alpha value is -3.56. The van der Waals surface area contributed by atoms with Crippen LogP contribution < -0.4 is 9.08 Å². The van der Waals surface area contributed by atoms with Gasteiger partial charge in [0.2, 0.25) is 0 Å². The van der Waals surface area contributed by atoms with Crippen molar-refractivity contribution in [2.75, 3.05) is 4.90 Å². The topological polar surface area (TPSA) is 76.0 Å². The first-order chi connectivity index (χ1) is 19.5. The smallest absolute Gasteiger partial charge is 0.339 e. The molecule has 5 rings (SSSR count). The van der Waals surface area contributed by atoms with Crippen LogP contribution in [-0.4, -0.2) is 19.5 Å². The summed E-state index contributed by atoms with van der Waals surface area (Å²) < 4.78 is 30.6. The summed E-state index contributed by atoms with van der Waals surface area (Å²) in [6.07, 6.45) is 1.72. The molecule has 1 aliphatic heterocycles. The quantitative estimate of drug-likeness (QED) is 0.159. The minimum Gasteiger partial charge on any atom is -0.379 e. The van der Waals surface area contributed by atoms with E-state index in [4.69, 9.17) is 32.4 Å². The number of benzene rings is 4. The maximum Gasteiger partial charge on any atom is 0.339 e. The second-order valence-corrected chi connectivity index (χ2v) is 12.8. The normalized spacial score (nSPS) is 15.6. The third-order valence-corrected chi connectivity index (χ3v) is 9.34. The van der Waals surface area contributed by atoms with Gasteiger partial charge in [-0.3, -0.25) is 9.69 Å². The van der Waals surface area contributed by atoms with Crippen LogP contribution in [0.25, 0.3) is 6.08 Å². The summed E-state index contributed by atoms with van der Waals surface area (Å²) in [6.45, 7) is 5.67. The zero-order valence-corrected chi connectivity index (χ0v) is 25.4. The van der Waals surface area contributed by atoms with Crippen LogP contribution in [0.1, 0.15) is 22.3 Å². The Morgan fingerprint density at radius 2 is 1.46 bits per heavy atom. The lowest BCUT2D eigenvalue weighted by atomic mass is 10.2. The molecule has 1 fully saturated rings. The van der Waals surface area contributed by atoms with E-state index in [1.165, 1.54) is 28.8 Å². The molecule has 41 heavy (non-hydrogen) atoms. The molecule has 0 aliphatic carbocycles. The van der Waals surface area contributed by atoms with Gasteiger partial charge in [0, 0.05) is 10.0 Å². The summed E-state index contributed by atoms with van der Waals surface area (Å²) in [5, 5.41) is 1.56. The zero-order valence-electron chi connectivity index (χ0n) is 22.3. The first kappa shape index (κ1) is 29.0. The van der Waals surface area contributed by atoms with Gasteiger partial charge in [0.25, 0.3) is 5.91 Å². The van der Waals surface area contributed by atoms with E-state index in [1.54, 1.807) is 54.6 Å². The SMILES string of the molecule is Cc1ccc(S(=O)(=O)Oc2ccc(/C=C3/SC(=Nc4ccc(C)c(Cl)c4)N(c4ccc(C)c(Cl)c4)C3=O)cc2)cc1. The number of amides is 1. The summed E-state index contributed by atoms with van der Waals surface area (Å²) in [6, 6.07) is 23.7. The summed E-state index contributed by atoms with van der Waals surface area (Å²) in [7, 11) is -3.98. The highest BCUT2D eigenvalue weighted by Gasteiger charge is 2.35. The fourth-order valence-electron chi connectivity index (χ4n) is 3.91. The molecule has 10 heteroatoms. The van der Waals surface area contributed by atoms with Gasteiger partial charge in [0.1, 0.15) is 10.6 Å². The van der Waals surface area contributed by atoms with Crippen LogP contribution in [0.3, 0.4) is 0 Å². The predicted molar refractivity (Wildman–Crippen MR) is 168 cm³/mol. The highest BCUT2D eigenvalue weighted by atomic mass is 35.5. The molecule has 0 saturated carbocycles. The summed E-state index contributed by atoms with van der Waals surface area (Å²) >= 11 is 13.9. The molecule has 0 aromatic heterocycles. The minimum absolute atomic E-state index is 0.0697. The Morgan fingerprint density at radius 3 is 2.10 bits per heavy atom.